The number of aliphatic hydroxyl groups is 1. The van der Waals surface area contributed by atoms with E-state index in [4.69, 9.17) is 4.74 Å². The lowest BCUT2D eigenvalue weighted by Gasteiger charge is -2.14. The summed E-state index contributed by atoms with van der Waals surface area (Å²) in [4.78, 5) is 16.7. The molecule has 1 atom stereocenters. The van der Waals surface area contributed by atoms with Gasteiger partial charge in [0.05, 0.1) is 23.9 Å². The van der Waals surface area contributed by atoms with E-state index in [9.17, 15) is 9.90 Å². The van der Waals surface area contributed by atoms with Crippen molar-refractivity contribution >= 4 is 16.8 Å². The molecular weight excluding hydrogens is 352 g/mol. The van der Waals surface area contributed by atoms with Crippen molar-refractivity contribution in [1.29, 1.82) is 0 Å². The average molecular weight is 372 g/mol. The number of aromatic nitrogens is 2. The molecule has 1 N–H and O–H groups in total. The van der Waals surface area contributed by atoms with Gasteiger partial charge in [0.1, 0.15) is 18.5 Å². The number of fused-ring (bicyclic) bond motifs is 1. The van der Waals surface area contributed by atoms with Crippen LogP contribution in [0.3, 0.4) is 0 Å². The van der Waals surface area contributed by atoms with Crippen molar-refractivity contribution in [3.63, 3.8) is 0 Å². The van der Waals surface area contributed by atoms with E-state index in [1.807, 2.05) is 47.0 Å². The van der Waals surface area contributed by atoms with Crippen LogP contribution in [0.2, 0.25) is 0 Å². The number of ketones is 1. The fraction of sp³-hybridized carbons (Fsp3) is 0.130. The van der Waals surface area contributed by atoms with Crippen LogP contribution in [-0.4, -0.2) is 33.2 Å². The van der Waals surface area contributed by atoms with E-state index in [-0.39, 0.29) is 12.4 Å². The first-order valence-electron chi connectivity index (χ1n) is 9.11. The summed E-state index contributed by atoms with van der Waals surface area (Å²) in [6.07, 6.45) is 1.04. The Morgan fingerprint density at radius 1 is 0.929 bits per heavy atom. The first-order valence-corrected chi connectivity index (χ1v) is 9.11. The molecule has 0 aliphatic rings. The Hall–Kier alpha value is -3.44. The lowest BCUT2D eigenvalue weighted by atomic mass is 10.0. The largest absolute Gasteiger partial charge is 0.491 e. The molecule has 0 saturated heterocycles. The molecule has 140 valence electrons. The van der Waals surface area contributed by atoms with Gasteiger partial charge in [0.25, 0.3) is 0 Å². The van der Waals surface area contributed by atoms with Gasteiger partial charge < -0.3 is 14.4 Å². The zero-order chi connectivity index (χ0) is 19.3. The molecule has 0 bridgehead atoms. The third-order valence-electron chi connectivity index (χ3n) is 4.53. The zero-order valence-electron chi connectivity index (χ0n) is 15.2. The molecule has 5 nitrogen and oxygen atoms in total. The van der Waals surface area contributed by atoms with Crippen LogP contribution in [0.15, 0.2) is 85.2 Å². The Kier molecular flexibility index (Phi) is 5.17. The lowest BCUT2D eigenvalue weighted by molar-refractivity contribution is 0.0933. The number of aliphatic hydroxyl groups excluding tert-OH is 1. The van der Waals surface area contributed by atoms with Crippen molar-refractivity contribution < 1.29 is 14.6 Å². The van der Waals surface area contributed by atoms with Gasteiger partial charge in [0, 0.05) is 11.1 Å². The molecule has 0 saturated carbocycles. The predicted octanol–water partition coefficient (Wildman–Crippen LogP) is 3.71. The van der Waals surface area contributed by atoms with Crippen LogP contribution in [0.25, 0.3) is 11.0 Å². The van der Waals surface area contributed by atoms with E-state index in [0.717, 1.165) is 11.0 Å². The van der Waals surface area contributed by atoms with Crippen LogP contribution in [0.1, 0.15) is 15.9 Å². The van der Waals surface area contributed by atoms with Gasteiger partial charge in [-0.3, -0.25) is 4.79 Å². The van der Waals surface area contributed by atoms with Gasteiger partial charge in [-0.05, 0) is 36.4 Å². The van der Waals surface area contributed by atoms with Gasteiger partial charge in [-0.1, -0.05) is 42.5 Å². The third kappa shape index (κ3) is 3.94. The molecule has 4 rings (SSSR count). The molecular formula is C23H20N2O3. The number of ether oxygens (including phenoxy) is 1. The second-order valence-electron chi connectivity index (χ2n) is 6.57. The van der Waals surface area contributed by atoms with Crippen LogP contribution in [-0.2, 0) is 6.54 Å². The molecule has 4 aromatic rings. The minimum Gasteiger partial charge on any atom is -0.491 e. The summed E-state index contributed by atoms with van der Waals surface area (Å²) in [7, 11) is 0. The maximum absolute atomic E-state index is 12.4. The Bertz CT molecular complexity index is 1070. The fourth-order valence-corrected chi connectivity index (χ4v) is 3.09. The normalized spacial score (nSPS) is 12.0. The number of benzene rings is 3. The van der Waals surface area contributed by atoms with Gasteiger partial charge in [-0.25, -0.2) is 4.98 Å². The quantitative estimate of drug-likeness (QED) is 0.502. The van der Waals surface area contributed by atoms with Crippen molar-refractivity contribution in [2.45, 2.75) is 12.6 Å². The molecule has 0 amide bonds. The molecule has 1 aromatic heterocycles. The van der Waals surface area contributed by atoms with Crippen LogP contribution >= 0.6 is 0 Å². The number of para-hydroxylation sites is 2. The van der Waals surface area contributed by atoms with E-state index in [1.165, 1.54) is 0 Å². The average Bonchev–Trinajstić information content (AvgIpc) is 3.15. The Morgan fingerprint density at radius 2 is 1.61 bits per heavy atom. The molecule has 0 aliphatic carbocycles. The molecule has 28 heavy (non-hydrogen) atoms. The Labute approximate surface area is 162 Å². The molecule has 5 heteroatoms. The van der Waals surface area contributed by atoms with Crippen LogP contribution in [0, 0.1) is 0 Å². The van der Waals surface area contributed by atoms with Crippen molar-refractivity contribution in [1.82, 2.24) is 9.55 Å². The highest BCUT2D eigenvalue weighted by atomic mass is 16.5. The number of hydrogen-bond donors (Lipinski definition) is 1. The molecule has 0 aliphatic heterocycles. The van der Waals surface area contributed by atoms with E-state index < -0.39 is 6.10 Å². The minimum atomic E-state index is -0.678. The summed E-state index contributed by atoms with van der Waals surface area (Å²) < 4.78 is 7.58. The number of nitrogens with zero attached hydrogens (tertiary/aromatic N) is 2. The van der Waals surface area contributed by atoms with Gasteiger partial charge in [0.2, 0.25) is 0 Å². The molecule has 0 radical (unpaired) electrons. The first-order chi connectivity index (χ1) is 13.7. The van der Waals surface area contributed by atoms with Gasteiger partial charge >= 0.3 is 0 Å². The second-order valence-corrected chi connectivity index (χ2v) is 6.57. The predicted molar refractivity (Wildman–Crippen MR) is 108 cm³/mol. The minimum absolute atomic E-state index is 0.0285. The molecule has 0 spiro atoms. The van der Waals surface area contributed by atoms with E-state index >= 15 is 0 Å². The fourth-order valence-electron chi connectivity index (χ4n) is 3.09. The maximum Gasteiger partial charge on any atom is 0.193 e. The maximum atomic E-state index is 12.4. The van der Waals surface area contributed by atoms with E-state index in [0.29, 0.717) is 23.4 Å². The van der Waals surface area contributed by atoms with Crippen LogP contribution < -0.4 is 4.74 Å². The summed E-state index contributed by atoms with van der Waals surface area (Å²) in [5.74, 6) is 0.582. The topological polar surface area (TPSA) is 64.3 Å². The van der Waals surface area contributed by atoms with Gasteiger partial charge in [-0.15, -0.1) is 0 Å². The second kappa shape index (κ2) is 8.06. The summed E-state index contributed by atoms with van der Waals surface area (Å²) in [6, 6.07) is 23.9. The molecule has 1 heterocycles. The van der Waals surface area contributed by atoms with Crippen LogP contribution in [0.5, 0.6) is 5.75 Å². The molecule has 0 unspecified atom stereocenters. The van der Waals surface area contributed by atoms with Gasteiger partial charge in [-0.2, -0.15) is 0 Å². The number of imidazole rings is 1. The third-order valence-corrected chi connectivity index (χ3v) is 4.53. The summed E-state index contributed by atoms with van der Waals surface area (Å²) in [6.45, 7) is 0.545. The highest BCUT2D eigenvalue weighted by Gasteiger charge is 2.11. The monoisotopic (exact) mass is 372 g/mol. The zero-order valence-corrected chi connectivity index (χ0v) is 15.2. The van der Waals surface area contributed by atoms with Gasteiger partial charge in [0.15, 0.2) is 5.78 Å². The highest BCUT2D eigenvalue weighted by molar-refractivity contribution is 6.08. The number of rotatable bonds is 7. The molecule has 3 aromatic carbocycles. The Balaban J connectivity index is 1.35. The first kappa shape index (κ1) is 17.9. The SMILES string of the molecule is O=C(c1ccccc1)c1ccc(OC[C@@H](O)Cn2cnc3ccccc32)cc1. The lowest BCUT2D eigenvalue weighted by Crippen LogP contribution is -2.23. The highest BCUT2D eigenvalue weighted by Crippen LogP contribution is 2.17. The van der Waals surface area contributed by atoms with Crippen LogP contribution in [0.4, 0.5) is 0 Å². The number of carbonyl (C=O) groups is 1. The van der Waals surface area contributed by atoms with Crippen molar-refractivity contribution in [2.75, 3.05) is 6.61 Å². The Morgan fingerprint density at radius 3 is 2.39 bits per heavy atom. The summed E-state index contributed by atoms with van der Waals surface area (Å²) in [5, 5.41) is 10.3. The smallest absolute Gasteiger partial charge is 0.193 e. The number of carbonyl (C=O) groups excluding carboxylic acids is 1. The summed E-state index contributed by atoms with van der Waals surface area (Å²) in [5.41, 5.74) is 3.13. The van der Waals surface area contributed by atoms with Crippen molar-refractivity contribution in [3.05, 3.63) is 96.3 Å². The van der Waals surface area contributed by atoms with Crippen molar-refractivity contribution in [2.24, 2.45) is 0 Å². The standard InChI is InChI=1S/C23H20N2O3/c26-19(14-25-16-24-21-8-4-5-9-22(21)25)15-28-20-12-10-18(11-13-20)23(27)17-6-2-1-3-7-17/h1-13,16,19,26H,14-15H2/t19-/m0/s1. The van der Waals surface area contributed by atoms with E-state index in [1.54, 1.807) is 42.7 Å². The number of hydrogen-bond acceptors (Lipinski definition) is 4. The van der Waals surface area contributed by atoms with E-state index in [2.05, 4.69) is 4.98 Å². The summed E-state index contributed by atoms with van der Waals surface area (Å²) >= 11 is 0. The molecule has 0 fully saturated rings. The van der Waals surface area contributed by atoms with Crippen molar-refractivity contribution in [3.8, 4) is 5.75 Å².